The standard InChI is InChI=1S/C18H21N3O3/c1-19-10-4-7-13-6-3-8-14-15(13)12-21(18(14)24)16(9-5-11-22)17(23)20-2/h3,6,8,11,16,19H,5,9-10,12H2,1-2H3,(H,20,23). The monoisotopic (exact) mass is 327 g/mol. The van der Waals surface area contributed by atoms with Crippen molar-refractivity contribution in [3.05, 3.63) is 34.9 Å². The van der Waals surface area contributed by atoms with E-state index in [2.05, 4.69) is 22.5 Å². The van der Waals surface area contributed by atoms with Gasteiger partial charge in [-0.1, -0.05) is 17.9 Å². The molecule has 1 heterocycles. The molecular formula is C18H21N3O3. The summed E-state index contributed by atoms with van der Waals surface area (Å²) in [6, 6.07) is 4.77. The SMILES string of the molecule is CNCC#Cc1cccc2c1CN(C(CCC=O)C(=O)NC)C2=O. The number of likely N-dealkylation sites (N-methyl/N-ethyl adjacent to an activating group) is 1. The van der Waals surface area contributed by atoms with Gasteiger partial charge in [0.25, 0.3) is 5.91 Å². The molecule has 1 atom stereocenters. The van der Waals surface area contributed by atoms with Gasteiger partial charge in [0, 0.05) is 31.1 Å². The molecule has 2 amide bonds. The zero-order chi connectivity index (χ0) is 17.5. The molecule has 6 heteroatoms. The van der Waals surface area contributed by atoms with Crippen molar-refractivity contribution in [2.24, 2.45) is 0 Å². The van der Waals surface area contributed by atoms with Crippen LogP contribution in [0.5, 0.6) is 0 Å². The number of rotatable bonds is 6. The van der Waals surface area contributed by atoms with Crippen molar-refractivity contribution in [3.63, 3.8) is 0 Å². The van der Waals surface area contributed by atoms with E-state index in [1.165, 1.54) is 11.9 Å². The maximum absolute atomic E-state index is 12.7. The predicted molar refractivity (Wildman–Crippen MR) is 90.3 cm³/mol. The molecule has 2 rings (SSSR count). The highest BCUT2D eigenvalue weighted by Gasteiger charge is 2.36. The van der Waals surface area contributed by atoms with E-state index in [0.717, 1.165) is 17.4 Å². The summed E-state index contributed by atoms with van der Waals surface area (Å²) in [5, 5.41) is 5.52. The summed E-state index contributed by atoms with van der Waals surface area (Å²) >= 11 is 0. The topological polar surface area (TPSA) is 78.5 Å². The Hall–Kier alpha value is -2.65. The van der Waals surface area contributed by atoms with Crippen molar-refractivity contribution < 1.29 is 14.4 Å². The van der Waals surface area contributed by atoms with E-state index in [9.17, 15) is 14.4 Å². The summed E-state index contributed by atoms with van der Waals surface area (Å²) in [6.07, 6.45) is 1.30. The second-order valence-electron chi connectivity index (χ2n) is 5.47. The molecule has 1 unspecified atom stereocenters. The molecule has 126 valence electrons. The summed E-state index contributed by atoms with van der Waals surface area (Å²) in [6.45, 7) is 0.886. The van der Waals surface area contributed by atoms with E-state index in [-0.39, 0.29) is 18.2 Å². The summed E-state index contributed by atoms with van der Waals surface area (Å²) in [5.74, 6) is 5.60. The molecule has 24 heavy (non-hydrogen) atoms. The van der Waals surface area contributed by atoms with Gasteiger partial charge in [-0.2, -0.15) is 0 Å². The molecule has 0 aliphatic carbocycles. The van der Waals surface area contributed by atoms with Crippen LogP contribution in [0.1, 0.15) is 34.3 Å². The number of carbonyl (C=O) groups excluding carboxylic acids is 3. The molecule has 0 saturated heterocycles. The Labute approximate surface area is 141 Å². The Morgan fingerprint density at radius 1 is 1.42 bits per heavy atom. The lowest BCUT2D eigenvalue weighted by atomic mass is 10.0. The van der Waals surface area contributed by atoms with Crippen LogP contribution in [-0.4, -0.2) is 49.7 Å². The molecule has 2 N–H and O–H groups in total. The number of hydrogen-bond acceptors (Lipinski definition) is 4. The molecule has 0 radical (unpaired) electrons. The summed E-state index contributed by atoms with van der Waals surface area (Å²) in [7, 11) is 3.34. The van der Waals surface area contributed by atoms with E-state index < -0.39 is 6.04 Å². The van der Waals surface area contributed by atoms with Crippen LogP contribution in [0.3, 0.4) is 0 Å². The van der Waals surface area contributed by atoms with E-state index in [0.29, 0.717) is 25.1 Å². The van der Waals surface area contributed by atoms with Crippen molar-refractivity contribution in [3.8, 4) is 11.8 Å². The molecule has 0 aromatic heterocycles. The maximum Gasteiger partial charge on any atom is 0.255 e. The molecule has 0 spiro atoms. The molecule has 6 nitrogen and oxygen atoms in total. The van der Waals surface area contributed by atoms with Crippen LogP contribution in [0.4, 0.5) is 0 Å². The normalized spacial score (nSPS) is 13.8. The van der Waals surface area contributed by atoms with Crippen LogP contribution in [0.15, 0.2) is 18.2 Å². The fourth-order valence-corrected chi connectivity index (χ4v) is 2.77. The lowest BCUT2D eigenvalue weighted by molar-refractivity contribution is -0.125. The van der Waals surface area contributed by atoms with Gasteiger partial charge in [-0.25, -0.2) is 0 Å². The molecule has 0 saturated carbocycles. The zero-order valence-electron chi connectivity index (χ0n) is 13.9. The van der Waals surface area contributed by atoms with Gasteiger partial charge < -0.3 is 20.3 Å². The van der Waals surface area contributed by atoms with Gasteiger partial charge in [0.1, 0.15) is 12.3 Å². The number of benzene rings is 1. The molecule has 0 bridgehead atoms. The van der Waals surface area contributed by atoms with Gasteiger partial charge in [0.2, 0.25) is 5.91 Å². The molecule has 1 aliphatic rings. The molecule has 1 aromatic rings. The summed E-state index contributed by atoms with van der Waals surface area (Å²) in [4.78, 5) is 37.0. The minimum atomic E-state index is -0.654. The maximum atomic E-state index is 12.7. The Balaban J connectivity index is 2.31. The number of nitrogens with zero attached hydrogens (tertiary/aromatic N) is 1. The largest absolute Gasteiger partial charge is 0.357 e. The van der Waals surface area contributed by atoms with E-state index in [1.807, 2.05) is 13.1 Å². The van der Waals surface area contributed by atoms with Crippen molar-refractivity contribution >= 4 is 18.1 Å². The number of carbonyl (C=O) groups is 3. The van der Waals surface area contributed by atoms with Crippen LogP contribution in [0.2, 0.25) is 0 Å². The fraction of sp³-hybridized carbons (Fsp3) is 0.389. The van der Waals surface area contributed by atoms with Crippen LogP contribution in [0.25, 0.3) is 0 Å². The fourth-order valence-electron chi connectivity index (χ4n) is 2.77. The van der Waals surface area contributed by atoms with Crippen molar-refractivity contribution in [2.75, 3.05) is 20.6 Å². The van der Waals surface area contributed by atoms with Crippen molar-refractivity contribution in [1.29, 1.82) is 0 Å². The third-order valence-electron chi connectivity index (χ3n) is 3.97. The number of amides is 2. The molecule has 1 aliphatic heterocycles. The summed E-state index contributed by atoms with van der Waals surface area (Å²) in [5.41, 5.74) is 2.21. The van der Waals surface area contributed by atoms with Crippen LogP contribution in [-0.2, 0) is 16.1 Å². The minimum absolute atomic E-state index is 0.193. The number of aldehydes is 1. The first kappa shape index (κ1) is 17.7. The van der Waals surface area contributed by atoms with Gasteiger partial charge in [-0.3, -0.25) is 9.59 Å². The highest BCUT2D eigenvalue weighted by atomic mass is 16.2. The van der Waals surface area contributed by atoms with E-state index >= 15 is 0 Å². The quantitative estimate of drug-likeness (QED) is 0.582. The van der Waals surface area contributed by atoms with Gasteiger partial charge in [0.05, 0.1) is 6.54 Å². The van der Waals surface area contributed by atoms with Crippen LogP contribution >= 0.6 is 0 Å². The zero-order valence-corrected chi connectivity index (χ0v) is 13.9. The second kappa shape index (κ2) is 8.27. The smallest absolute Gasteiger partial charge is 0.255 e. The first-order valence-corrected chi connectivity index (χ1v) is 7.85. The Morgan fingerprint density at radius 3 is 2.88 bits per heavy atom. The number of nitrogens with one attached hydrogen (secondary N) is 2. The van der Waals surface area contributed by atoms with E-state index in [4.69, 9.17) is 0 Å². The molecule has 1 aromatic carbocycles. The molecular weight excluding hydrogens is 306 g/mol. The Bertz CT molecular complexity index is 703. The summed E-state index contributed by atoms with van der Waals surface area (Å²) < 4.78 is 0. The first-order valence-electron chi connectivity index (χ1n) is 7.85. The van der Waals surface area contributed by atoms with Crippen LogP contribution in [0, 0.1) is 11.8 Å². The highest BCUT2D eigenvalue weighted by Crippen LogP contribution is 2.28. The minimum Gasteiger partial charge on any atom is -0.357 e. The van der Waals surface area contributed by atoms with Crippen LogP contribution < -0.4 is 10.6 Å². The third-order valence-corrected chi connectivity index (χ3v) is 3.97. The van der Waals surface area contributed by atoms with Crippen molar-refractivity contribution in [2.45, 2.75) is 25.4 Å². The number of hydrogen-bond donors (Lipinski definition) is 2. The lowest BCUT2D eigenvalue weighted by Gasteiger charge is -2.25. The predicted octanol–water partition coefficient (Wildman–Crippen LogP) is 0.307. The van der Waals surface area contributed by atoms with Gasteiger partial charge in [-0.15, -0.1) is 0 Å². The molecule has 0 fully saturated rings. The first-order chi connectivity index (χ1) is 11.6. The Morgan fingerprint density at radius 2 is 2.21 bits per heavy atom. The Kier molecular flexibility index (Phi) is 6.10. The van der Waals surface area contributed by atoms with Gasteiger partial charge >= 0.3 is 0 Å². The van der Waals surface area contributed by atoms with Gasteiger partial charge in [0.15, 0.2) is 0 Å². The van der Waals surface area contributed by atoms with Crippen molar-refractivity contribution in [1.82, 2.24) is 15.5 Å². The van der Waals surface area contributed by atoms with Gasteiger partial charge in [-0.05, 0) is 31.2 Å². The van der Waals surface area contributed by atoms with E-state index in [1.54, 1.807) is 12.1 Å². The lowest BCUT2D eigenvalue weighted by Crippen LogP contribution is -2.46. The second-order valence-corrected chi connectivity index (χ2v) is 5.47. The third kappa shape index (κ3) is 3.63. The average molecular weight is 327 g/mol. The highest BCUT2D eigenvalue weighted by molar-refractivity contribution is 6.01. The average Bonchev–Trinajstić information content (AvgIpc) is 2.93. The number of fused-ring (bicyclic) bond motifs is 1.